The van der Waals surface area contributed by atoms with E-state index in [9.17, 15) is 0 Å². The number of hydrogen-bond acceptors (Lipinski definition) is 3. The molecule has 0 atom stereocenters. The smallest absolute Gasteiger partial charge is 0.121 e. The molecule has 0 fully saturated rings. The van der Waals surface area contributed by atoms with E-state index in [2.05, 4.69) is 23.8 Å². The fraction of sp³-hybridized carbons (Fsp3) is 0.333. The molecule has 0 radical (unpaired) electrons. The minimum absolute atomic E-state index is 0.396. The molecule has 0 aliphatic rings. The third-order valence-electron chi connectivity index (χ3n) is 2.36. The van der Waals surface area contributed by atoms with Crippen molar-refractivity contribution in [1.82, 2.24) is 9.97 Å². The van der Waals surface area contributed by atoms with Crippen LogP contribution in [0.1, 0.15) is 25.5 Å². The molecule has 1 aromatic heterocycles. The number of rotatable bonds is 2. The molecule has 1 aromatic carbocycles. The van der Waals surface area contributed by atoms with Crippen LogP contribution in [0.5, 0.6) is 5.75 Å². The van der Waals surface area contributed by atoms with Crippen LogP contribution in [0.2, 0.25) is 0 Å². The number of nitrogens with zero attached hydrogens (tertiary/aromatic N) is 2. The summed E-state index contributed by atoms with van der Waals surface area (Å²) in [5.74, 6) is 1.21. The van der Waals surface area contributed by atoms with Crippen LogP contribution in [-0.2, 0) is 0 Å². The van der Waals surface area contributed by atoms with Gasteiger partial charge in [0, 0.05) is 12.3 Å². The summed E-state index contributed by atoms with van der Waals surface area (Å²) >= 11 is 0. The van der Waals surface area contributed by atoms with E-state index in [0.29, 0.717) is 5.92 Å². The SMILES string of the molecule is COc1ccc2ncc(C(C)C)nc2c1. The highest BCUT2D eigenvalue weighted by Gasteiger charge is 2.04. The maximum Gasteiger partial charge on any atom is 0.121 e. The van der Waals surface area contributed by atoms with E-state index in [1.54, 1.807) is 7.11 Å². The van der Waals surface area contributed by atoms with Gasteiger partial charge < -0.3 is 4.74 Å². The third-order valence-corrected chi connectivity index (χ3v) is 2.36. The van der Waals surface area contributed by atoms with Crippen molar-refractivity contribution in [3.63, 3.8) is 0 Å². The molecule has 0 saturated heterocycles. The predicted molar refractivity (Wildman–Crippen MR) is 60.2 cm³/mol. The van der Waals surface area contributed by atoms with Gasteiger partial charge in [-0.1, -0.05) is 13.8 Å². The molecule has 0 unspecified atom stereocenters. The van der Waals surface area contributed by atoms with Crippen LogP contribution in [0.3, 0.4) is 0 Å². The number of methoxy groups -OCH3 is 1. The number of hydrogen-bond donors (Lipinski definition) is 0. The molecule has 2 aromatic rings. The Morgan fingerprint density at radius 1 is 1.20 bits per heavy atom. The summed E-state index contributed by atoms with van der Waals surface area (Å²) in [6.07, 6.45) is 1.83. The summed E-state index contributed by atoms with van der Waals surface area (Å²) < 4.78 is 5.15. The predicted octanol–water partition coefficient (Wildman–Crippen LogP) is 2.76. The van der Waals surface area contributed by atoms with Crippen molar-refractivity contribution in [2.24, 2.45) is 0 Å². The monoisotopic (exact) mass is 202 g/mol. The van der Waals surface area contributed by atoms with Crippen molar-refractivity contribution < 1.29 is 4.74 Å². The average Bonchev–Trinajstić information content (AvgIpc) is 2.27. The van der Waals surface area contributed by atoms with Gasteiger partial charge in [0.2, 0.25) is 0 Å². The summed E-state index contributed by atoms with van der Waals surface area (Å²) in [5.41, 5.74) is 2.80. The lowest BCUT2D eigenvalue weighted by Crippen LogP contribution is -1.95. The number of aromatic nitrogens is 2. The Labute approximate surface area is 89.1 Å². The Morgan fingerprint density at radius 2 is 2.00 bits per heavy atom. The topological polar surface area (TPSA) is 35.0 Å². The van der Waals surface area contributed by atoms with Crippen LogP contribution in [0.25, 0.3) is 11.0 Å². The third kappa shape index (κ3) is 1.91. The van der Waals surface area contributed by atoms with Gasteiger partial charge in [0.1, 0.15) is 5.75 Å². The van der Waals surface area contributed by atoms with E-state index in [1.807, 2.05) is 24.4 Å². The van der Waals surface area contributed by atoms with E-state index in [-0.39, 0.29) is 0 Å². The molecular weight excluding hydrogens is 188 g/mol. The fourth-order valence-corrected chi connectivity index (χ4v) is 1.41. The second kappa shape index (κ2) is 3.85. The summed E-state index contributed by atoms with van der Waals surface area (Å²) in [7, 11) is 1.65. The summed E-state index contributed by atoms with van der Waals surface area (Å²) in [4.78, 5) is 8.90. The van der Waals surface area contributed by atoms with Crippen molar-refractivity contribution in [1.29, 1.82) is 0 Å². The minimum Gasteiger partial charge on any atom is -0.497 e. The van der Waals surface area contributed by atoms with Crippen molar-refractivity contribution in [2.75, 3.05) is 7.11 Å². The molecule has 0 saturated carbocycles. The van der Waals surface area contributed by atoms with Gasteiger partial charge in [-0.25, -0.2) is 4.98 Å². The Morgan fingerprint density at radius 3 is 2.67 bits per heavy atom. The van der Waals surface area contributed by atoms with Gasteiger partial charge in [0.25, 0.3) is 0 Å². The van der Waals surface area contributed by atoms with E-state index >= 15 is 0 Å². The summed E-state index contributed by atoms with van der Waals surface area (Å²) in [6, 6.07) is 5.73. The molecule has 0 spiro atoms. The molecule has 2 rings (SSSR count). The van der Waals surface area contributed by atoms with Crippen LogP contribution in [-0.4, -0.2) is 17.1 Å². The molecule has 1 heterocycles. The lowest BCUT2D eigenvalue weighted by atomic mass is 10.1. The molecule has 78 valence electrons. The normalized spacial score (nSPS) is 10.9. The maximum absolute atomic E-state index is 5.15. The van der Waals surface area contributed by atoms with Crippen molar-refractivity contribution in [3.05, 3.63) is 30.1 Å². The van der Waals surface area contributed by atoms with Crippen LogP contribution < -0.4 is 4.74 Å². The molecule has 15 heavy (non-hydrogen) atoms. The zero-order valence-corrected chi connectivity index (χ0v) is 9.19. The van der Waals surface area contributed by atoms with Gasteiger partial charge in [-0.3, -0.25) is 4.98 Å². The Hall–Kier alpha value is -1.64. The van der Waals surface area contributed by atoms with Gasteiger partial charge in [-0.2, -0.15) is 0 Å². The highest BCUT2D eigenvalue weighted by molar-refractivity contribution is 5.75. The van der Waals surface area contributed by atoms with E-state index in [1.165, 1.54) is 0 Å². The first-order valence-corrected chi connectivity index (χ1v) is 5.01. The number of fused-ring (bicyclic) bond motifs is 1. The van der Waals surface area contributed by atoms with Crippen LogP contribution in [0, 0.1) is 0 Å². The quantitative estimate of drug-likeness (QED) is 0.751. The molecule has 3 nitrogen and oxygen atoms in total. The molecule has 0 aliphatic heterocycles. The fourth-order valence-electron chi connectivity index (χ4n) is 1.41. The minimum atomic E-state index is 0.396. The Bertz CT molecular complexity index is 480. The largest absolute Gasteiger partial charge is 0.497 e. The van der Waals surface area contributed by atoms with Crippen LogP contribution in [0.15, 0.2) is 24.4 Å². The maximum atomic E-state index is 5.15. The molecule has 0 aliphatic carbocycles. The summed E-state index contributed by atoms with van der Waals surface area (Å²) in [5, 5.41) is 0. The first-order valence-electron chi connectivity index (χ1n) is 5.01. The molecule has 0 amide bonds. The van der Waals surface area contributed by atoms with Crippen LogP contribution in [0.4, 0.5) is 0 Å². The highest BCUT2D eigenvalue weighted by atomic mass is 16.5. The Balaban J connectivity index is 2.57. The van der Waals surface area contributed by atoms with Gasteiger partial charge >= 0.3 is 0 Å². The number of ether oxygens (including phenoxy) is 1. The zero-order valence-electron chi connectivity index (χ0n) is 9.19. The molecular formula is C12H14N2O. The average molecular weight is 202 g/mol. The van der Waals surface area contributed by atoms with E-state index < -0.39 is 0 Å². The van der Waals surface area contributed by atoms with Gasteiger partial charge in [0.15, 0.2) is 0 Å². The molecule has 3 heteroatoms. The second-order valence-corrected chi connectivity index (χ2v) is 3.80. The number of benzene rings is 1. The van der Waals surface area contributed by atoms with E-state index in [0.717, 1.165) is 22.5 Å². The first-order chi connectivity index (χ1) is 7.20. The second-order valence-electron chi connectivity index (χ2n) is 3.80. The van der Waals surface area contributed by atoms with Gasteiger partial charge in [0.05, 0.1) is 23.8 Å². The highest BCUT2D eigenvalue weighted by Crippen LogP contribution is 2.19. The zero-order chi connectivity index (χ0) is 10.8. The van der Waals surface area contributed by atoms with Crippen molar-refractivity contribution in [3.8, 4) is 5.75 Å². The van der Waals surface area contributed by atoms with Gasteiger partial charge in [-0.15, -0.1) is 0 Å². The lowest BCUT2D eigenvalue weighted by molar-refractivity contribution is 0.415. The molecule has 0 N–H and O–H groups in total. The van der Waals surface area contributed by atoms with Gasteiger partial charge in [-0.05, 0) is 18.1 Å². The molecule has 0 bridgehead atoms. The van der Waals surface area contributed by atoms with E-state index in [4.69, 9.17) is 4.74 Å². The first kappa shape index (κ1) is 9.90. The van der Waals surface area contributed by atoms with Crippen LogP contribution >= 0.6 is 0 Å². The standard InChI is InChI=1S/C12H14N2O/c1-8(2)12-7-13-10-5-4-9(15-3)6-11(10)14-12/h4-8H,1-3H3. The van der Waals surface area contributed by atoms with Crippen molar-refractivity contribution >= 4 is 11.0 Å². The lowest BCUT2D eigenvalue weighted by Gasteiger charge is -2.06. The van der Waals surface area contributed by atoms with Crippen molar-refractivity contribution in [2.45, 2.75) is 19.8 Å². The summed E-state index contributed by atoms with van der Waals surface area (Å²) in [6.45, 7) is 4.21. The Kier molecular flexibility index (Phi) is 2.54.